The van der Waals surface area contributed by atoms with Crippen molar-refractivity contribution in [3.63, 3.8) is 0 Å². The number of hydrogen-bond acceptors (Lipinski definition) is 5. The number of sulfone groups is 1. The minimum absolute atomic E-state index is 0.137. The van der Waals surface area contributed by atoms with Crippen LogP contribution in [0.3, 0.4) is 0 Å². The number of esters is 1. The summed E-state index contributed by atoms with van der Waals surface area (Å²) in [5.74, 6) is -0.776. The van der Waals surface area contributed by atoms with E-state index in [-0.39, 0.29) is 11.3 Å². The van der Waals surface area contributed by atoms with E-state index in [1.807, 2.05) is 0 Å². The molecular formula is C12H13NO4S. The average Bonchev–Trinajstić information content (AvgIpc) is 2.26. The van der Waals surface area contributed by atoms with Gasteiger partial charge in [-0.25, -0.2) is 13.2 Å². The normalized spacial score (nSPS) is 12.5. The highest BCUT2D eigenvalue weighted by atomic mass is 32.2. The molecule has 0 aliphatic carbocycles. The van der Waals surface area contributed by atoms with E-state index in [0.717, 1.165) is 6.26 Å². The molecule has 0 aromatic heterocycles. The fourth-order valence-corrected chi connectivity index (χ4v) is 2.13. The molecule has 1 aromatic rings. The van der Waals surface area contributed by atoms with Crippen molar-refractivity contribution in [3.05, 3.63) is 35.4 Å². The quantitative estimate of drug-likeness (QED) is 0.768. The third kappa shape index (κ3) is 4.55. The molecule has 0 saturated heterocycles. The second-order valence-electron chi connectivity index (χ2n) is 3.95. The molecule has 0 bridgehead atoms. The van der Waals surface area contributed by atoms with Crippen molar-refractivity contribution in [3.8, 4) is 6.07 Å². The molecule has 0 aliphatic rings. The van der Waals surface area contributed by atoms with Gasteiger partial charge in [-0.3, -0.25) is 0 Å². The molecule has 96 valence electrons. The molecule has 0 radical (unpaired) electrons. The highest BCUT2D eigenvalue weighted by Gasteiger charge is 2.13. The van der Waals surface area contributed by atoms with Gasteiger partial charge < -0.3 is 4.74 Å². The lowest BCUT2D eigenvalue weighted by molar-refractivity contribution is 0.0435. The Morgan fingerprint density at radius 1 is 1.50 bits per heavy atom. The van der Waals surface area contributed by atoms with E-state index in [1.165, 1.54) is 19.1 Å². The van der Waals surface area contributed by atoms with Crippen LogP contribution in [0.5, 0.6) is 0 Å². The van der Waals surface area contributed by atoms with E-state index in [9.17, 15) is 13.2 Å². The van der Waals surface area contributed by atoms with E-state index >= 15 is 0 Å². The maximum Gasteiger partial charge on any atom is 0.339 e. The van der Waals surface area contributed by atoms with Gasteiger partial charge in [0.15, 0.2) is 15.9 Å². The summed E-state index contributed by atoms with van der Waals surface area (Å²) in [5, 5.41) is 8.53. The summed E-state index contributed by atoms with van der Waals surface area (Å²) in [4.78, 5) is 11.6. The first-order valence-electron chi connectivity index (χ1n) is 5.19. The number of nitriles is 1. The molecule has 0 N–H and O–H groups in total. The predicted octanol–water partition coefficient (Wildman–Crippen LogP) is 1.30. The van der Waals surface area contributed by atoms with Crippen molar-refractivity contribution in [2.75, 3.05) is 6.26 Å². The molecule has 6 heteroatoms. The van der Waals surface area contributed by atoms with Crippen molar-refractivity contribution in [1.82, 2.24) is 0 Å². The van der Waals surface area contributed by atoms with Crippen LogP contribution in [-0.4, -0.2) is 26.7 Å². The minimum atomic E-state index is -3.15. The fraction of sp³-hybridized carbons (Fsp3) is 0.333. The predicted molar refractivity (Wildman–Crippen MR) is 65.5 cm³/mol. The summed E-state index contributed by atoms with van der Waals surface area (Å²) in [5.41, 5.74) is 0.745. The molecule has 0 amide bonds. The zero-order valence-electron chi connectivity index (χ0n) is 10.1. The van der Waals surface area contributed by atoms with Gasteiger partial charge >= 0.3 is 5.97 Å². The summed E-state index contributed by atoms with van der Waals surface area (Å²) >= 11 is 0. The molecular weight excluding hydrogens is 254 g/mol. The van der Waals surface area contributed by atoms with E-state index in [0.29, 0.717) is 5.56 Å². The molecule has 1 rings (SSSR count). The van der Waals surface area contributed by atoms with Gasteiger partial charge in [-0.05, 0) is 24.6 Å². The molecule has 1 aromatic carbocycles. The van der Waals surface area contributed by atoms with Gasteiger partial charge in [-0.2, -0.15) is 5.26 Å². The van der Waals surface area contributed by atoms with Crippen LogP contribution in [0.15, 0.2) is 24.3 Å². The molecule has 5 nitrogen and oxygen atoms in total. The monoisotopic (exact) mass is 267 g/mol. The van der Waals surface area contributed by atoms with Crippen LogP contribution in [0.25, 0.3) is 0 Å². The fourth-order valence-electron chi connectivity index (χ4n) is 1.35. The van der Waals surface area contributed by atoms with Crippen molar-refractivity contribution >= 4 is 15.8 Å². The lowest BCUT2D eigenvalue weighted by atomic mass is 10.1. The number of nitrogens with zero attached hydrogens (tertiary/aromatic N) is 1. The Labute approximate surface area is 106 Å². The summed E-state index contributed by atoms with van der Waals surface area (Å²) < 4.78 is 27.1. The Morgan fingerprint density at radius 3 is 2.72 bits per heavy atom. The Bertz CT molecular complexity index is 586. The van der Waals surface area contributed by atoms with Crippen LogP contribution < -0.4 is 0 Å². The number of benzene rings is 1. The highest BCUT2D eigenvalue weighted by Crippen LogP contribution is 2.10. The number of carbonyl (C=O) groups is 1. The Morgan fingerprint density at radius 2 is 2.17 bits per heavy atom. The first-order valence-corrected chi connectivity index (χ1v) is 7.25. The lowest BCUT2D eigenvalue weighted by Gasteiger charge is -2.07. The first kappa shape index (κ1) is 14.2. The van der Waals surface area contributed by atoms with Gasteiger partial charge in [0, 0.05) is 6.26 Å². The molecule has 0 spiro atoms. The Balaban J connectivity index is 2.89. The number of ether oxygens (including phenoxy) is 1. The van der Waals surface area contributed by atoms with Gasteiger partial charge in [0.2, 0.25) is 0 Å². The van der Waals surface area contributed by atoms with Gasteiger partial charge in [-0.1, -0.05) is 12.1 Å². The lowest BCUT2D eigenvalue weighted by Crippen LogP contribution is -2.13. The van der Waals surface area contributed by atoms with Gasteiger partial charge in [-0.15, -0.1) is 0 Å². The van der Waals surface area contributed by atoms with Gasteiger partial charge in [0.1, 0.15) is 6.07 Å². The first-order chi connectivity index (χ1) is 8.31. The topological polar surface area (TPSA) is 84.2 Å². The van der Waals surface area contributed by atoms with Gasteiger partial charge in [0.25, 0.3) is 0 Å². The van der Waals surface area contributed by atoms with Crippen LogP contribution in [-0.2, 0) is 20.3 Å². The summed E-state index contributed by atoms with van der Waals surface area (Å²) in [6, 6.07) is 7.94. The molecule has 0 saturated carbocycles. The van der Waals surface area contributed by atoms with Crippen LogP contribution in [0.4, 0.5) is 0 Å². The summed E-state index contributed by atoms with van der Waals surface area (Å²) in [6.45, 7) is 1.46. The van der Waals surface area contributed by atoms with E-state index < -0.39 is 21.9 Å². The van der Waals surface area contributed by atoms with E-state index in [2.05, 4.69) is 0 Å². The van der Waals surface area contributed by atoms with E-state index in [1.54, 1.807) is 18.2 Å². The zero-order chi connectivity index (χ0) is 13.8. The maximum absolute atomic E-state index is 11.6. The second-order valence-corrected chi connectivity index (χ2v) is 6.09. The van der Waals surface area contributed by atoms with Gasteiger partial charge in [0.05, 0.1) is 11.3 Å². The molecule has 1 atom stereocenters. The van der Waals surface area contributed by atoms with Crippen molar-refractivity contribution in [2.24, 2.45) is 0 Å². The number of carbonyl (C=O) groups excluding carboxylic acids is 1. The van der Waals surface area contributed by atoms with Crippen molar-refractivity contribution < 1.29 is 17.9 Å². The molecule has 0 unspecified atom stereocenters. The smallest absolute Gasteiger partial charge is 0.339 e. The minimum Gasteiger partial charge on any atom is -0.444 e. The van der Waals surface area contributed by atoms with Crippen molar-refractivity contribution in [1.29, 1.82) is 5.26 Å². The Hall–Kier alpha value is -1.87. The molecule has 0 fully saturated rings. The highest BCUT2D eigenvalue weighted by molar-refractivity contribution is 7.89. The van der Waals surface area contributed by atoms with Crippen LogP contribution in [0.1, 0.15) is 22.8 Å². The second kappa shape index (κ2) is 5.65. The SMILES string of the molecule is C[C@@H](C#N)OC(=O)c1cccc(CS(C)(=O)=O)c1. The third-order valence-electron chi connectivity index (χ3n) is 2.06. The number of hydrogen-bond donors (Lipinski definition) is 0. The summed E-state index contributed by atoms with van der Waals surface area (Å²) in [7, 11) is -3.15. The standard InChI is InChI=1S/C12H13NO4S/c1-9(7-13)17-12(14)11-5-3-4-10(6-11)8-18(2,15)16/h3-6,9H,8H2,1-2H3/t9-/m0/s1. The van der Waals surface area contributed by atoms with Crippen molar-refractivity contribution in [2.45, 2.75) is 18.8 Å². The zero-order valence-corrected chi connectivity index (χ0v) is 10.9. The largest absolute Gasteiger partial charge is 0.444 e. The average molecular weight is 267 g/mol. The summed E-state index contributed by atoms with van der Waals surface area (Å²) in [6.07, 6.45) is 0.284. The Kier molecular flexibility index (Phi) is 4.45. The van der Waals surface area contributed by atoms with Crippen LogP contribution in [0, 0.1) is 11.3 Å². The van der Waals surface area contributed by atoms with Crippen LogP contribution in [0.2, 0.25) is 0 Å². The van der Waals surface area contributed by atoms with Crippen LogP contribution >= 0.6 is 0 Å². The molecule has 18 heavy (non-hydrogen) atoms. The molecule has 0 heterocycles. The molecule has 0 aliphatic heterocycles. The third-order valence-corrected chi connectivity index (χ3v) is 2.91. The van der Waals surface area contributed by atoms with E-state index in [4.69, 9.17) is 10.00 Å². The number of rotatable bonds is 4. The maximum atomic E-state index is 11.6.